The van der Waals surface area contributed by atoms with E-state index in [0.717, 1.165) is 11.1 Å². The number of hydrogen-bond acceptors (Lipinski definition) is 1. The SMILES string of the molecule is C/C=C/C(=O)/C(=C/c1ccc(Cl)cc1)c1ccccc1. The number of halogens is 1. The lowest BCUT2D eigenvalue weighted by Gasteiger charge is -2.05. The second-order valence-corrected chi connectivity index (χ2v) is 4.78. The van der Waals surface area contributed by atoms with E-state index in [2.05, 4.69) is 0 Å². The maximum Gasteiger partial charge on any atom is 0.186 e. The lowest BCUT2D eigenvalue weighted by Crippen LogP contribution is -1.97. The zero-order valence-corrected chi connectivity index (χ0v) is 12.0. The van der Waals surface area contributed by atoms with Crippen LogP contribution in [0.5, 0.6) is 0 Å². The Bertz CT molecular complexity index is 637. The van der Waals surface area contributed by atoms with E-state index in [1.54, 1.807) is 12.2 Å². The van der Waals surface area contributed by atoms with Crippen molar-refractivity contribution in [1.29, 1.82) is 0 Å². The molecule has 0 aliphatic heterocycles. The predicted octanol–water partition coefficient (Wildman–Crippen LogP) is 5.03. The van der Waals surface area contributed by atoms with Gasteiger partial charge in [-0.15, -0.1) is 0 Å². The molecular weight excluding hydrogens is 268 g/mol. The molecule has 0 radical (unpaired) electrons. The minimum atomic E-state index is -0.00588. The third kappa shape index (κ3) is 3.69. The molecule has 0 saturated heterocycles. The normalized spacial score (nSPS) is 11.8. The highest BCUT2D eigenvalue weighted by atomic mass is 35.5. The molecule has 0 fully saturated rings. The van der Waals surface area contributed by atoms with Gasteiger partial charge in [0.1, 0.15) is 0 Å². The Labute approximate surface area is 124 Å². The van der Waals surface area contributed by atoms with Gasteiger partial charge in [-0.05, 0) is 42.3 Å². The molecule has 0 amide bonds. The summed E-state index contributed by atoms with van der Waals surface area (Å²) >= 11 is 5.88. The summed E-state index contributed by atoms with van der Waals surface area (Å²) in [6, 6.07) is 17.1. The summed E-state index contributed by atoms with van der Waals surface area (Å²) in [6.45, 7) is 1.84. The van der Waals surface area contributed by atoms with Gasteiger partial charge in [-0.2, -0.15) is 0 Å². The molecule has 0 atom stereocenters. The van der Waals surface area contributed by atoms with Gasteiger partial charge in [-0.25, -0.2) is 0 Å². The second kappa shape index (κ2) is 6.88. The Hall–Kier alpha value is -2.12. The minimum absolute atomic E-state index is 0.00588. The van der Waals surface area contributed by atoms with Gasteiger partial charge < -0.3 is 0 Å². The fourth-order valence-electron chi connectivity index (χ4n) is 1.88. The summed E-state index contributed by atoms with van der Waals surface area (Å²) < 4.78 is 0. The first-order valence-corrected chi connectivity index (χ1v) is 6.78. The smallest absolute Gasteiger partial charge is 0.186 e. The Morgan fingerprint density at radius 1 is 1.00 bits per heavy atom. The average Bonchev–Trinajstić information content (AvgIpc) is 2.48. The van der Waals surface area contributed by atoms with Gasteiger partial charge in [0.2, 0.25) is 0 Å². The summed E-state index contributed by atoms with van der Waals surface area (Å²) in [5.41, 5.74) is 2.53. The molecule has 100 valence electrons. The molecule has 0 N–H and O–H groups in total. The Balaban J connectivity index is 2.46. The summed E-state index contributed by atoms with van der Waals surface area (Å²) in [5, 5.41) is 0.684. The van der Waals surface area contributed by atoms with E-state index >= 15 is 0 Å². The highest BCUT2D eigenvalue weighted by Crippen LogP contribution is 2.21. The Morgan fingerprint density at radius 3 is 2.25 bits per heavy atom. The van der Waals surface area contributed by atoms with E-state index in [1.165, 1.54) is 0 Å². The number of carbonyl (C=O) groups is 1. The number of rotatable bonds is 4. The van der Waals surface area contributed by atoms with Gasteiger partial charge in [0.15, 0.2) is 5.78 Å². The average molecular weight is 283 g/mol. The lowest BCUT2D eigenvalue weighted by molar-refractivity contribution is -0.109. The van der Waals surface area contributed by atoms with Gasteiger partial charge in [-0.3, -0.25) is 4.79 Å². The molecule has 2 heteroatoms. The van der Waals surface area contributed by atoms with E-state index in [4.69, 9.17) is 11.6 Å². The molecule has 0 heterocycles. The fraction of sp³-hybridized carbons (Fsp3) is 0.0556. The molecular formula is C18H15ClO. The third-order valence-corrected chi connectivity index (χ3v) is 3.10. The van der Waals surface area contributed by atoms with Crippen LogP contribution in [-0.4, -0.2) is 5.78 Å². The first-order valence-electron chi connectivity index (χ1n) is 6.40. The van der Waals surface area contributed by atoms with E-state index in [9.17, 15) is 4.79 Å². The van der Waals surface area contributed by atoms with Crippen LogP contribution in [0.1, 0.15) is 18.1 Å². The molecule has 0 aromatic heterocycles. The van der Waals surface area contributed by atoms with Crippen LogP contribution in [0.3, 0.4) is 0 Å². The number of benzene rings is 2. The van der Waals surface area contributed by atoms with Gasteiger partial charge in [-0.1, -0.05) is 60.1 Å². The van der Waals surface area contributed by atoms with Crippen LogP contribution in [0.2, 0.25) is 5.02 Å². The summed E-state index contributed by atoms with van der Waals surface area (Å²) in [7, 11) is 0. The minimum Gasteiger partial charge on any atom is -0.289 e. The van der Waals surface area contributed by atoms with Crippen molar-refractivity contribution in [2.45, 2.75) is 6.92 Å². The van der Waals surface area contributed by atoms with Crippen LogP contribution in [0.4, 0.5) is 0 Å². The molecule has 0 spiro atoms. The van der Waals surface area contributed by atoms with Crippen molar-refractivity contribution in [3.05, 3.63) is 82.9 Å². The van der Waals surface area contributed by atoms with Gasteiger partial charge in [0.05, 0.1) is 0 Å². The molecule has 0 saturated carbocycles. The van der Waals surface area contributed by atoms with Crippen molar-refractivity contribution in [3.8, 4) is 0 Å². The zero-order valence-electron chi connectivity index (χ0n) is 11.2. The maximum atomic E-state index is 12.2. The maximum absolute atomic E-state index is 12.2. The monoisotopic (exact) mass is 282 g/mol. The quantitative estimate of drug-likeness (QED) is 0.568. The van der Waals surface area contributed by atoms with Crippen LogP contribution < -0.4 is 0 Å². The molecule has 0 unspecified atom stereocenters. The standard InChI is InChI=1S/C18H15ClO/c1-2-6-18(20)17(15-7-4-3-5-8-15)13-14-9-11-16(19)12-10-14/h2-13H,1H3/b6-2+,17-13+. The first kappa shape index (κ1) is 14.3. The number of allylic oxidation sites excluding steroid dienone is 3. The molecule has 0 aliphatic carbocycles. The van der Waals surface area contributed by atoms with Gasteiger partial charge in [0, 0.05) is 10.6 Å². The van der Waals surface area contributed by atoms with E-state index < -0.39 is 0 Å². The zero-order chi connectivity index (χ0) is 14.4. The lowest BCUT2D eigenvalue weighted by atomic mass is 9.98. The molecule has 2 aromatic carbocycles. The van der Waals surface area contributed by atoms with E-state index in [1.807, 2.05) is 67.6 Å². The second-order valence-electron chi connectivity index (χ2n) is 4.34. The van der Waals surface area contributed by atoms with Crippen molar-refractivity contribution in [2.24, 2.45) is 0 Å². The Kier molecular flexibility index (Phi) is 4.91. The van der Waals surface area contributed by atoms with Crippen molar-refractivity contribution < 1.29 is 4.79 Å². The highest BCUT2D eigenvalue weighted by molar-refractivity contribution is 6.31. The van der Waals surface area contributed by atoms with Crippen LogP contribution in [-0.2, 0) is 4.79 Å². The molecule has 0 bridgehead atoms. The number of hydrogen-bond donors (Lipinski definition) is 0. The van der Waals surface area contributed by atoms with Gasteiger partial charge in [0.25, 0.3) is 0 Å². The van der Waals surface area contributed by atoms with Crippen molar-refractivity contribution in [1.82, 2.24) is 0 Å². The molecule has 20 heavy (non-hydrogen) atoms. The van der Waals surface area contributed by atoms with Crippen molar-refractivity contribution in [3.63, 3.8) is 0 Å². The summed E-state index contributed by atoms with van der Waals surface area (Å²) in [5.74, 6) is -0.00588. The van der Waals surface area contributed by atoms with Crippen LogP contribution in [0.15, 0.2) is 66.7 Å². The molecule has 2 rings (SSSR count). The van der Waals surface area contributed by atoms with Crippen molar-refractivity contribution in [2.75, 3.05) is 0 Å². The van der Waals surface area contributed by atoms with Crippen LogP contribution >= 0.6 is 11.6 Å². The van der Waals surface area contributed by atoms with Gasteiger partial charge >= 0.3 is 0 Å². The fourth-order valence-corrected chi connectivity index (χ4v) is 2.01. The third-order valence-electron chi connectivity index (χ3n) is 2.85. The highest BCUT2D eigenvalue weighted by Gasteiger charge is 2.08. The number of ketones is 1. The van der Waals surface area contributed by atoms with Crippen molar-refractivity contribution >= 4 is 29.0 Å². The van der Waals surface area contributed by atoms with Crippen LogP contribution in [0.25, 0.3) is 11.6 Å². The molecule has 1 nitrogen and oxygen atoms in total. The topological polar surface area (TPSA) is 17.1 Å². The Morgan fingerprint density at radius 2 is 1.65 bits per heavy atom. The summed E-state index contributed by atoms with van der Waals surface area (Å²) in [4.78, 5) is 12.2. The largest absolute Gasteiger partial charge is 0.289 e. The summed E-state index contributed by atoms with van der Waals surface area (Å²) in [6.07, 6.45) is 5.21. The number of carbonyl (C=O) groups excluding carboxylic acids is 1. The predicted molar refractivity (Wildman–Crippen MR) is 85.6 cm³/mol. The van der Waals surface area contributed by atoms with E-state index in [-0.39, 0.29) is 5.78 Å². The van der Waals surface area contributed by atoms with Crippen LogP contribution in [0, 0.1) is 0 Å². The van der Waals surface area contributed by atoms with E-state index in [0.29, 0.717) is 10.6 Å². The molecule has 0 aliphatic rings. The first-order chi connectivity index (χ1) is 9.70. The molecule has 2 aromatic rings.